The van der Waals surface area contributed by atoms with E-state index in [1.165, 1.54) is 44.5 Å². The van der Waals surface area contributed by atoms with Gasteiger partial charge in [-0.3, -0.25) is 0 Å². The molecule has 1 aromatic heterocycles. The minimum Gasteiger partial charge on any atom is -0.208 e. The summed E-state index contributed by atoms with van der Waals surface area (Å²) in [6.07, 6.45) is 0. The summed E-state index contributed by atoms with van der Waals surface area (Å²) in [5.74, 6) is 1.87. The predicted octanol–water partition coefficient (Wildman–Crippen LogP) is 14.2. The Bertz CT molecular complexity index is 3090. The first-order valence-electron chi connectivity index (χ1n) is 20.8. The molecule has 3 nitrogen and oxygen atoms in total. The van der Waals surface area contributed by atoms with Crippen LogP contribution >= 0.6 is 0 Å². The van der Waals surface area contributed by atoms with Crippen LogP contribution in [-0.4, -0.2) is 15.0 Å². The molecule has 0 bridgehead atoms. The predicted molar refractivity (Wildman–Crippen MR) is 250 cm³/mol. The first kappa shape index (κ1) is 36.1. The minimum absolute atomic E-state index is 0.564. The van der Waals surface area contributed by atoms with Gasteiger partial charge in [-0.25, -0.2) is 15.0 Å². The van der Waals surface area contributed by atoms with Crippen molar-refractivity contribution < 1.29 is 0 Å². The summed E-state index contributed by atoms with van der Waals surface area (Å²) in [5.41, 5.74) is 16.3. The van der Waals surface area contributed by atoms with E-state index in [4.69, 9.17) is 15.0 Å². The van der Waals surface area contributed by atoms with Gasteiger partial charge in [-0.05, 0) is 78.9 Å². The smallest absolute Gasteiger partial charge is 0.164 e. The van der Waals surface area contributed by atoms with Gasteiger partial charge in [-0.15, -0.1) is 0 Å². The van der Waals surface area contributed by atoms with Crippen LogP contribution in [0.4, 0.5) is 0 Å². The van der Waals surface area contributed by atoms with Gasteiger partial charge in [0.05, 0.1) is 5.41 Å². The maximum absolute atomic E-state index is 5.37. The van der Waals surface area contributed by atoms with Crippen LogP contribution in [0.3, 0.4) is 0 Å². The Kier molecular flexibility index (Phi) is 9.05. The maximum Gasteiger partial charge on any atom is 0.164 e. The molecule has 1 heterocycles. The van der Waals surface area contributed by atoms with Gasteiger partial charge in [0.25, 0.3) is 0 Å². The molecule has 0 saturated carbocycles. The lowest BCUT2D eigenvalue weighted by molar-refractivity contribution is 0.769. The van der Waals surface area contributed by atoms with Crippen molar-refractivity contribution in [3.05, 3.63) is 259 Å². The third-order valence-corrected chi connectivity index (χ3v) is 12.1. The summed E-state index contributed by atoms with van der Waals surface area (Å²) < 4.78 is 0. The van der Waals surface area contributed by atoms with E-state index in [2.05, 4.69) is 212 Å². The molecule has 0 atom stereocenters. The Morgan fingerprint density at radius 3 is 1.13 bits per heavy atom. The molecule has 0 N–H and O–H groups in total. The van der Waals surface area contributed by atoms with E-state index < -0.39 is 5.41 Å². The van der Waals surface area contributed by atoms with Crippen LogP contribution in [-0.2, 0) is 5.41 Å². The molecule has 0 fully saturated rings. The zero-order valence-corrected chi connectivity index (χ0v) is 33.4. The van der Waals surface area contributed by atoms with E-state index in [9.17, 15) is 0 Å². The highest BCUT2D eigenvalue weighted by molar-refractivity contribution is 5.94. The summed E-state index contributed by atoms with van der Waals surface area (Å²) in [6.45, 7) is 0. The van der Waals surface area contributed by atoms with Gasteiger partial charge in [-0.1, -0.05) is 224 Å². The van der Waals surface area contributed by atoms with Crippen molar-refractivity contribution in [1.29, 1.82) is 0 Å². The molecule has 3 heteroatoms. The largest absolute Gasteiger partial charge is 0.208 e. The first-order valence-corrected chi connectivity index (χ1v) is 20.8. The fourth-order valence-corrected chi connectivity index (χ4v) is 9.17. The molecule has 0 radical (unpaired) electrons. The molecule has 0 saturated heterocycles. The van der Waals surface area contributed by atoms with Crippen LogP contribution in [0, 0.1) is 0 Å². The molecule has 11 rings (SSSR count). The molecule has 0 amide bonds. The Labute approximate surface area is 356 Å². The fourth-order valence-electron chi connectivity index (χ4n) is 9.17. The summed E-state index contributed by atoms with van der Waals surface area (Å²) in [7, 11) is 0. The van der Waals surface area contributed by atoms with E-state index >= 15 is 0 Å². The second kappa shape index (κ2) is 15.3. The standard InChI is InChI=1S/C58H39N3/c1-6-18-40(19-7-1)42-30-34-44(35-31-42)50-39-54-51(49-28-16-17-29-53(49)58(54,47-24-12-4-13-25-47)48-26-14-5-15-27-48)38-52(50)57-60-55(45-22-10-3-11-23-45)59-56(61-57)46-36-32-43(33-37-46)41-20-8-2-9-21-41/h1-39H. The molecular formula is C58H39N3. The van der Waals surface area contributed by atoms with Gasteiger partial charge < -0.3 is 0 Å². The molecule has 9 aromatic carbocycles. The Morgan fingerprint density at radius 2 is 0.607 bits per heavy atom. The molecule has 10 aromatic rings. The second-order valence-electron chi connectivity index (χ2n) is 15.5. The average molecular weight is 778 g/mol. The van der Waals surface area contributed by atoms with Gasteiger partial charge in [-0.2, -0.15) is 0 Å². The fraction of sp³-hybridized carbons (Fsp3) is 0.0172. The van der Waals surface area contributed by atoms with Crippen molar-refractivity contribution in [2.75, 3.05) is 0 Å². The van der Waals surface area contributed by atoms with E-state index in [1.807, 2.05) is 24.3 Å². The van der Waals surface area contributed by atoms with E-state index in [0.29, 0.717) is 17.5 Å². The maximum atomic E-state index is 5.37. The normalized spacial score (nSPS) is 12.4. The van der Waals surface area contributed by atoms with Gasteiger partial charge in [0, 0.05) is 16.7 Å². The highest BCUT2D eigenvalue weighted by atomic mass is 15.0. The lowest BCUT2D eigenvalue weighted by Crippen LogP contribution is -2.28. The number of benzene rings is 9. The number of rotatable bonds is 8. The summed E-state index contributed by atoms with van der Waals surface area (Å²) in [6, 6.07) is 84.2. The number of hydrogen-bond donors (Lipinski definition) is 0. The Balaban J connectivity index is 1.18. The summed E-state index contributed by atoms with van der Waals surface area (Å²) >= 11 is 0. The topological polar surface area (TPSA) is 38.7 Å². The lowest BCUT2D eigenvalue weighted by Gasteiger charge is -2.34. The SMILES string of the molecule is c1ccc(-c2ccc(-c3nc(-c4ccccc4)nc(-c4cc5c(cc4-c4ccc(-c6ccccc6)cc4)C(c4ccccc4)(c4ccccc4)c4ccccc4-5)n3)cc2)cc1. The Morgan fingerprint density at radius 1 is 0.230 bits per heavy atom. The third kappa shape index (κ3) is 6.35. The van der Waals surface area contributed by atoms with Gasteiger partial charge in [0.2, 0.25) is 0 Å². The van der Waals surface area contributed by atoms with Crippen molar-refractivity contribution in [3.63, 3.8) is 0 Å². The van der Waals surface area contributed by atoms with E-state index in [-0.39, 0.29) is 0 Å². The van der Waals surface area contributed by atoms with Crippen LogP contribution in [0.15, 0.2) is 237 Å². The van der Waals surface area contributed by atoms with Crippen LogP contribution in [0.5, 0.6) is 0 Å². The van der Waals surface area contributed by atoms with Crippen LogP contribution < -0.4 is 0 Å². The van der Waals surface area contributed by atoms with Crippen molar-refractivity contribution in [1.82, 2.24) is 15.0 Å². The van der Waals surface area contributed by atoms with E-state index in [1.54, 1.807) is 0 Å². The molecule has 0 spiro atoms. The van der Waals surface area contributed by atoms with Crippen molar-refractivity contribution in [3.8, 4) is 78.7 Å². The zero-order valence-electron chi connectivity index (χ0n) is 33.4. The molecule has 286 valence electrons. The van der Waals surface area contributed by atoms with Gasteiger partial charge in [0.1, 0.15) is 0 Å². The Hall–Kier alpha value is -8.01. The molecule has 0 unspecified atom stereocenters. The highest BCUT2D eigenvalue weighted by Gasteiger charge is 2.46. The first-order chi connectivity index (χ1) is 30.2. The van der Waals surface area contributed by atoms with Crippen LogP contribution in [0.2, 0.25) is 0 Å². The molecule has 61 heavy (non-hydrogen) atoms. The molecule has 0 aliphatic heterocycles. The van der Waals surface area contributed by atoms with Gasteiger partial charge in [0.15, 0.2) is 17.5 Å². The zero-order chi connectivity index (χ0) is 40.6. The average Bonchev–Trinajstić information content (AvgIpc) is 3.65. The van der Waals surface area contributed by atoms with Crippen molar-refractivity contribution in [2.45, 2.75) is 5.41 Å². The summed E-state index contributed by atoms with van der Waals surface area (Å²) in [4.78, 5) is 15.8. The van der Waals surface area contributed by atoms with Crippen LogP contribution in [0.25, 0.3) is 78.7 Å². The molecule has 1 aliphatic rings. The highest BCUT2D eigenvalue weighted by Crippen LogP contribution is 2.58. The lowest BCUT2D eigenvalue weighted by atomic mass is 9.67. The molecule has 1 aliphatic carbocycles. The van der Waals surface area contributed by atoms with Gasteiger partial charge >= 0.3 is 0 Å². The summed E-state index contributed by atoms with van der Waals surface area (Å²) in [5, 5.41) is 0. The number of nitrogens with zero attached hydrogens (tertiary/aromatic N) is 3. The monoisotopic (exact) mass is 777 g/mol. The number of hydrogen-bond acceptors (Lipinski definition) is 3. The van der Waals surface area contributed by atoms with Crippen LogP contribution in [0.1, 0.15) is 22.3 Å². The van der Waals surface area contributed by atoms with Crippen molar-refractivity contribution in [2.24, 2.45) is 0 Å². The van der Waals surface area contributed by atoms with Crippen molar-refractivity contribution >= 4 is 0 Å². The second-order valence-corrected chi connectivity index (χ2v) is 15.5. The van der Waals surface area contributed by atoms with E-state index in [0.717, 1.165) is 38.9 Å². The third-order valence-electron chi connectivity index (χ3n) is 12.1. The molecular weight excluding hydrogens is 739 g/mol. The quantitative estimate of drug-likeness (QED) is 0.154. The minimum atomic E-state index is -0.564. The number of fused-ring (bicyclic) bond motifs is 3. The number of aromatic nitrogens is 3.